The molecule has 0 bridgehead atoms. The molecule has 132 valence electrons. The van der Waals surface area contributed by atoms with Crippen molar-refractivity contribution in [3.05, 3.63) is 64.4 Å². The molecule has 0 fully saturated rings. The van der Waals surface area contributed by atoms with Crippen LogP contribution in [0.25, 0.3) is 37.5 Å². The van der Waals surface area contributed by atoms with Crippen LogP contribution in [0.2, 0.25) is 0 Å². The summed E-state index contributed by atoms with van der Waals surface area (Å²) in [6.45, 7) is 1.82. The molecular formula is C20H14N4O2S. The molecule has 5 rings (SSSR count). The van der Waals surface area contributed by atoms with Gasteiger partial charge in [0.2, 0.25) is 11.3 Å². The number of rotatable bonds is 2. The summed E-state index contributed by atoms with van der Waals surface area (Å²) >= 11 is 1.45. The van der Waals surface area contributed by atoms with Crippen LogP contribution < -0.4 is 10.2 Å². The fraction of sp³-hybridized carbons (Fsp3) is 0.100. The lowest BCUT2D eigenvalue weighted by molar-refractivity contribution is 0.400. The Kier molecular flexibility index (Phi) is 3.45. The van der Waals surface area contributed by atoms with Crippen molar-refractivity contribution >= 4 is 32.6 Å². The van der Waals surface area contributed by atoms with E-state index in [1.54, 1.807) is 17.9 Å². The Labute approximate surface area is 158 Å². The maximum absolute atomic E-state index is 12.9. The highest BCUT2D eigenvalue weighted by Crippen LogP contribution is 2.36. The number of hydrogen-bond acceptors (Lipinski definition) is 6. The number of nitrogens with zero attached hydrogens (tertiary/aromatic N) is 4. The highest BCUT2D eigenvalue weighted by atomic mass is 32.1. The molecule has 7 heteroatoms. The van der Waals surface area contributed by atoms with Crippen molar-refractivity contribution < 1.29 is 4.74 Å². The standard InChI is InChI=1S/C20H14N4O2S/c1-11-18(25)16-13(10-24(23-16)12-6-4-3-5-7-12)17-19(11)27-20-14(21-17)8-9-15(22-20)26-2/h3-10H,1-2H3. The van der Waals surface area contributed by atoms with Gasteiger partial charge in [0, 0.05) is 17.8 Å². The molecule has 0 amide bonds. The zero-order valence-electron chi connectivity index (χ0n) is 14.6. The monoisotopic (exact) mass is 374 g/mol. The number of fused-ring (bicyclic) bond motifs is 4. The van der Waals surface area contributed by atoms with Crippen molar-refractivity contribution in [2.24, 2.45) is 0 Å². The van der Waals surface area contributed by atoms with Gasteiger partial charge in [-0.05, 0) is 25.1 Å². The smallest absolute Gasteiger partial charge is 0.214 e. The summed E-state index contributed by atoms with van der Waals surface area (Å²) in [7, 11) is 1.58. The second-order valence-corrected chi connectivity index (χ2v) is 7.19. The molecule has 6 nitrogen and oxygen atoms in total. The van der Waals surface area contributed by atoms with Gasteiger partial charge in [-0.25, -0.2) is 14.6 Å². The molecule has 3 aromatic rings. The van der Waals surface area contributed by atoms with Crippen molar-refractivity contribution in [2.75, 3.05) is 7.11 Å². The average Bonchev–Trinajstić information content (AvgIpc) is 3.17. The fourth-order valence-electron chi connectivity index (χ4n) is 3.15. The molecule has 0 saturated carbocycles. The largest absolute Gasteiger partial charge is 0.481 e. The van der Waals surface area contributed by atoms with Crippen LogP contribution in [0.15, 0.2) is 53.5 Å². The van der Waals surface area contributed by atoms with Gasteiger partial charge in [0.1, 0.15) is 15.9 Å². The summed E-state index contributed by atoms with van der Waals surface area (Å²) in [6, 6.07) is 13.4. The molecule has 2 aromatic heterocycles. The number of benzene rings is 2. The SMILES string of the molecule is COc1ccc2nc3c4cn(-c5ccccc5)nc4c(=O)c(C)c-3sc2n1. The Morgan fingerprint density at radius 2 is 1.89 bits per heavy atom. The number of para-hydroxylation sites is 1. The first-order chi connectivity index (χ1) is 13.2. The molecule has 0 spiro atoms. The van der Waals surface area contributed by atoms with E-state index < -0.39 is 0 Å². The average molecular weight is 374 g/mol. The van der Waals surface area contributed by atoms with Crippen LogP contribution in [0, 0.1) is 6.92 Å². The molecular weight excluding hydrogens is 360 g/mol. The summed E-state index contributed by atoms with van der Waals surface area (Å²) in [4.78, 5) is 23.7. The molecule has 0 unspecified atom stereocenters. The fourth-order valence-corrected chi connectivity index (χ4v) is 4.20. The van der Waals surface area contributed by atoms with Crippen LogP contribution in [0.1, 0.15) is 5.56 Å². The molecule has 1 aliphatic carbocycles. The van der Waals surface area contributed by atoms with E-state index in [4.69, 9.17) is 9.72 Å². The lowest BCUT2D eigenvalue weighted by Crippen LogP contribution is -2.09. The number of methoxy groups -OCH3 is 1. The van der Waals surface area contributed by atoms with Crippen molar-refractivity contribution in [1.82, 2.24) is 19.7 Å². The minimum absolute atomic E-state index is 0.0764. The van der Waals surface area contributed by atoms with Crippen molar-refractivity contribution in [3.8, 4) is 22.1 Å². The summed E-state index contributed by atoms with van der Waals surface area (Å²) in [6.07, 6.45) is 1.87. The summed E-state index contributed by atoms with van der Waals surface area (Å²) in [5.74, 6) is 0.526. The van der Waals surface area contributed by atoms with Gasteiger partial charge in [0.25, 0.3) is 0 Å². The Hall–Kier alpha value is -3.32. The lowest BCUT2D eigenvalue weighted by atomic mass is 10.1. The van der Waals surface area contributed by atoms with E-state index in [0.717, 1.165) is 32.0 Å². The number of aromatic nitrogens is 4. The highest BCUT2D eigenvalue weighted by Gasteiger charge is 2.21. The van der Waals surface area contributed by atoms with Crippen LogP contribution in [0.3, 0.4) is 0 Å². The number of pyridine rings is 1. The van der Waals surface area contributed by atoms with E-state index in [-0.39, 0.29) is 5.43 Å². The van der Waals surface area contributed by atoms with Gasteiger partial charge in [0.15, 0.2) is 0 Å². The van der Waals surface area contributed by atoms with Gasteiger partial charge in [-0.1, -0.05) is 18.2 Å². The van der Waals surface area contributed by atoms with Crippen LogP contribution in [0.4, 0.5) is 0 Å². The third-order valence-electron chi connectivity index (χ3n) is 4.56. The van der Waals surface area contributed by atoms with Gasteiger partial charge >= 0.3 is 0 Å². The minimum atomic E-state index is -0.0764. The summed E-state index contributed by atoms with van der Waals surface area (Å²) < 4.78 is 6.93. The first-order valence-corrected chi connectivity index (χ1v) is 9.20. The van der Waals surface area contributed by atoms with Gasteiger partial charge in [-0.3, -0.25) is 4.79 Å². The molecule has 0 atom stereocenters. The quantitative estimate of drug-likeness (QED) is 0.440. The molecule has 27 heavy (non-hydrogen) atoms. The highest BCUT2D eigenvalue weighted by molar-refractivity contribution is 7.21. The second kappa shape index (κ2) is 5.85. The Morgan fingerprint density at radius 1 is 1.07 bits per heavy atom. The summed E-state index contributed by atoms with van der Waals surface area (Å²) in [5, 5.41) is 5.28. The molecule has 1 aromatic carbocycles. The molecule has 0 radical (unpaired) electrons. The van der Waals surface area contributed by atoms with Crippen molar-refractivity contribution in [2.45, 2.75) is 6.92 Å². The first-order valence-electron chi connectivity index (χ1n) is 8.38. The second-order valence-electron chi connectivity index (χ2n) is 6.20. The molecule has 0 saturated heterocycles. The summed E-state index contributed by atoms with van der Waals surface area (Å²) in [5.41, 5.74) is 3.43. The van der Waals surface area contributed by atoms with Crippen LogP contribution in [-0.2, 0) is 0 Å². The molecule has 2 aliphatic rings. The van der Waals surface area contributed by atoms with Crippen LogP contribution >= 0.6 is 11.3 Å². The Morgan fingerprint density at radius 3 is 2.67 bits per heavy atom. The van der Waals surface area contributed by atoms with Crippen molar-refractivity contribution in [3.63, 3.8) is 0 Å². The lowest BCUT2D eigenvalue weighted by Gasteiger charge is -2.09. The molecule has 0 N–H and O–H groups in total. The maximum Gasteiger partial charge on any atom is 0.214 e. The predicted octanol–water partition coefficient (Wildman–Crippen LogP) is 3.81. The first kappa shape index (κ1) is 15.9. The van der Waals surface area contributed by atoms with E-state index >= 15 is 0 Å². The minimum Gasteiger partial charge on any atom is -0.481 e. The van der Waals surface area contributed by atoms with Gasteiger partial charge in [-0.15, -0.1) is 11.3 Å². The third kappa shape index (κ3) is 2.39. The third-order valence-corrected chi connectivity index (χ3v) is 5.75. The van der Waals surface area contributed by atoms with E-state index in [2.05, 4.69) is 10.1 Å². The van der Waals surface area contributed by atoms with Crippen LogP contribution in [0.5, 0.6) is 5.88 Å². The van der Waals surface area contributed by atoms with Gasteiger partial charge < -0.3 is 4.74 Å². The van der Waals surface area contributed by atoms with E-state index in [9.17, 15) is 4.79 Å². The van der Waals surface area contributed by atoms with E-state index in [0.29, 0.717) is 17.0 Å². The molecule has 3 heterocycles. The zero-order valence-corrected chi connectivity index (χ0v) is 15.4. The maximum atomic E-state index is 12.9. The molecule has 1 aliphatic heterocycles. The van der Waals surface area contributed by atoms with Crippen molar-refractivity contribution in [1.29, 1.82) is 0 Å². The number of ether oxygens (including phenoxy) is 1. The number of hydrogen-bond donors (Lipinski definition) is 0. The predicted molar refractivity (Wildman–Crippen MR) is 106 cm³/mol. The zero-order chi connectivity index (χ0) is 18.5. The van der Waals surface area contributed by atoms with Gasteiger partial charge in [0.05, 0.1) is 28.8 Å². The Balaban J connectivity index is 1.87. The Bertz CT molecular complexity index is 1340. The van der Waals surface area contributed by atoms with Crippen LogP contribution in [-0.4, -0.2) is 26.9 Å². The van der Waals surface area contributed by atoms with Gasteiger partial charge in [-0.2, -0.15) is 5.10 Å². The van der Waals surface area contributed by atoms with E-state index in [1.165, 1.54) is 11.3 Å². The topological polar surface area (TPSA) is 69.9 Å². The van der Waals surface area contributed by atoms with E-state index in [1.807, 2.05) is 49.5 Å². The normalized spacial score (nSPS) is 11.5.